The molecule has 1 saturated heterocycles. The van der Waals surface area contributed by atoms with Crippen LogP contribution in [-0.4, -0.2) is 16.8 Å². The fraction of sp³-hybridized carbons (Fsp3) is 0.300. The lowest BCUT2D eigenvalue weighted by Crippen LogP contribution is -2.06. The minimum atomic E-state index is -0.754. The Morgan fingerprint density at radius 2 is 2.07 bits per heavy atom. The molecular formula is C10H9NO4. The second-order valence-corrected chi connectivity index (χ2v) is 3.65. The first-order valence-corrected chi connectivity index (χ1v) is 4.45. The minimum Gasteiger partial charge on any atom is -0.353 e. The summed E-state index contributed by atoms with van der Waals surface area (Å²) < 4.78 is 5.20. The van der Waals surface area contributed by atoms with E-state index in [1.54, 1.807) is 19.1 Å². The van der Waals surface area contributed by atoms with Crippen molar-refractivity contribution in [3.05, 3.63) is 39.9 Å². The fourth-order valence-electron chi connectivity index (χ4n) is 1.48. The van der Waals surface area contributed by atoms with Gasteiger partial charge in [0.1, 0.15) is 6.10 Å². The average molecular weight is 207 g/mol. The number of hydrogen-bond donors (Lipinski definition) is 0. The van der Waals surface area contributed by atoms with Crippen LogP contribution in [0.2, 0.25) is 0 Å². The molecule has 1 aromatic rings. The van der Waals surface area contributed by atoms with Crippen molar-refractivity contribution in [1.82, 2.24) is 0 Å². The predicted octanol–water partition coefficient (Wildman–Crippen LogP) is 1.62. The van der Waals surface area contributed by atoms with Gasteiger partial charge < -0.3 is 9.53 Å². The molecule has 0 aromatic heterocycles. The van der Waals surface area contributed by atoms with Crippen molar-refractivity contribution >= 4 is 12.0 Å². The van der Waals surface area contributed by atoms with Crippen molar-refractivity contribution in [2.45, 2.75) is 18.6 Å². The molecule has 0 saturated carbocycles. The standard InChI is InChI=1S/C10H9NO4/c1-10(6-12)9(15-10)7-2-4-8(5-3-7)11(13)14/h2-6,9H,1H3/t9-,10-/m0/s1. The number of carbonyl (C=O) groups excluding carboxylic acids is 1. The van der Waals surface area contributed by atoms with Gasteiger partial charge in [0.25, 0.3) is 5.69 Å². The first kappa shape index (κ1) is 9.79. The number of ether oxygens (including phenoxy) is 1. The monoisotopic (exact) mass is 207 g/mol. The number of nitro groups is 1. The van der Waals surface area contributed by atoms with Gasteiger partial charge in [0.2, 0.25) is 0 Å². The summed E-state index contributed by atoms with van der Waals surface area (Å²) in [6, 6.07) is 6.03. The second kappa shape index (κ2) is 3.13. The molecule has 0 amide bonds. The van der Waals surface area contributed by atoms with Gasteiger partial charge in [0.15, 0.2) is 11.9 Å². The molecule has 2 atom stereocenters. The van der Waals surface area contributed by atoms with Gasteiger partial charge in [-0.25, -0.2) is 0 Å². The Balaban J connectivity index is 2.19. The lowest BCUT2D eigenvalue weighted by atomic mass is 10.0. The van der Waals surface area contributed by atoms with E-state index in [0.29, 0.717) is 0 Å². The number of nitro benzene ring substituents is 1. The third-order valence-corrected chi connectivity index (χ3v) is 2.48. The van der Waals surface area contributed by atoms with E-state index in [4.69, 9.17) is 4.74 Å². The van der Waals surface area contributed by atoms with Crippen LogP contribution in [0.1, 0.15) is 18.6 Å². The molecule has 0 unspecified atom stereocenters. The van der Waals surface area contributed by atoms with E-state index in [1.807, 2.05) is 0 Å². The highest BCUT2D eigenvalue weighted by Gasteiger charge is 2.53. The van der Waals surface area contributed by atoms with Crippen LogP contribution in [0.4, 0.5) is 5.69 Å². The predicted molar refractivity (Wildman–Crippen MR) is 51.4 cm³/mol. The zero-order valence-electron chi connectivity index (χ0n) is 8.04. The maximum Gasteiger partial charge on any atom is 0.269 e. The molecule has 0 N–H and O–H groups in total. The first-order valence-electron chi connectivity index (χ1n) is 4.45. The van der Waals surface area contributed by atoms with Crippen molar-refractivity contribution < 1.29 is 14.5 Å². The van der Waals surface area contributed by atoms with Gasteiger partial charge in [-0.3, -0.25) is 10.1 Å². The highest BCUT2D eigenvalue weighted by atomic mass is 16.6. The molecule has 0 spiro atoms. The maximum atomic E-state index is 10.6. The molecule has 1 aliphatic rings. The summed E-state index contributed by atoms with van der Waals surface area (Å²) >= 11 is 0. The van der Waals surface area contributed by atoms with E-state index < -0.39 is 10.5 Å². The van der Waals surface area contributed by atoms with Gasteiger partial charge in [-0.2, -0.15) is 0 Å². The summed E-state index contributed by atoms with van der Waals surface area (Å²) in [4.78, 5) is 20.6. The highest BCUT2D eigenvalue weighted by molar-refractivity contribution is 5.68. The SMILES string of the molecule is C[C@@]1(C=O)O[C@H]1c1ccc([N+](=O)[O-])cc1. The molecule has 1 fully saturated rings. The highest BCUT2D eigenvalue weighted by Crippen LogP contribution is 2.47. The van der Waals surface area contributed by atoms with Gasteiger partial charge >= 0.3 is 0 Å². The van der Waals surface area contributed by atoms with Gasteiger partial charge in [-0.15, -0.1) is 0 Å². The van der Waals surface area contributed by atoms with Crippen molar-refractivity contribution in [3.8, 4) is 0 Å². The summed E-state index contributed by atoms with van der Waals surface area (Å²) in [5, 5.41) is 10.4. The second-order valence-electron chi connectivity index (χ2n) is 3.65. The molecule has 1 aliphatic heterocycles. The summed E-state index contributed by atoms with van der Waals surface area (Å²) in [6.07, 6.45) is 0.481. The lowest BCUT2D eigenvalue weighted by Gasteiger charge is -1.96. The molecular weight excluding hydrogens is 198 g/mol. The van der Waals surface area contributed by atoms with Crippen LogP contribution >= 0.6 is 0 Å². The Bertz CT molecular complexity index is 414. The quantitative estimate of drug-likeness (QED) is 0.327. The van der Waals surface area contributed by atoms with E-state index in [0.717, 1.165) is 11.8 Å². The maximum absolute atomic E-state index is 10.6. The molecule has 5 nitrogen and oxygen atoms in total. The number of epoxide rings is 1. The van der Waals surface area contributed by atoms with Crippen molar-refractivity contribution in [2.24, 2.45) is 0 Å². The van der Waals surface area contributed by atoms with E-state index in [9.17, 15) is 14.9 Å². The largest absolute Gasteiger partial charge is 0.353 e. The molecule has 0 radical (unpaired) electrons. The van der Waals surface area contributed by atoms with E-state index in [-0.39, 0.29) is 11.8 Å². The van der Waals surface area contributed by atoms with Crippen molar-refractivity contribution in [1.29, 1.82) is 0 Å². The summed E-state index contributed by atoms with van der Waals surface area (Å²) in [5.74, 6) is 0. The van der Waals surface area contributed by atoms with Crippen molar-refractivity contribution in [3.63, 3.8) is 0 Å². The van der Waals surface area contributed by atoms with Gasteiger partial charge in [-0.1, -0.05) is 0 Å². The normalized spacial score (nSPS) is 28.5. The van der Waals surface area contributed by atoms with E-state index >= 15 is 0 Å². The van der Waals surface area contributed by atoms with Crippen LogP contribution < -0.4 is 0 Å². The Kier molecular flexibility index (Phi) is 2.04. The van der Waals surface area contributed by atoms with Crippen LogP contribution in [0.5, 0.6) is 0 Å². The van der Waals surface area contributed by atoms with Crippen LogP contribution in [0.15, 0.2) is 24.3 Å². The topological polar surface area (TPSA) is 72.7 Å². The number of aldehydes is 1. The Labute approximate surface area is 85.8 Å². The lowest BCUT2D eigenvalue weighted by molar-refractivity contribution is -0.384. The smallest absolute Gasteiger partial charge is 0.269 e. The summed E-state index contributed by atoms with van der Waals surface area (Å²) in [5.41, 5.74) is 0.0678. The van der Waals surface area contributed by atoms with Gasteiger partial charge in [0, 0.05) is 12.1 Å². The van der Waals surface area contributed by atoms with Crippen LogP contribution in [0.25, 0.3) is 0 Å². The van der Waals surface area contributed by atoms with E-state index in [2.05, 4.69) is 0 Å². The Morgan fingerprint density at radius 3 is 2.47 bits per heavy atom. The summed E-state index contributed by atoms with van der Waals surface area (Å²) in [7, 11) is 0. The third-order valence-electron chi connectivity index (χ3n) is 2.48. The third kappa shape index (κ3) is 1.61. The number of hydrogen-bond acceptors (Lipinski definition) is 4. The number of nitrogens with zero attached hydrogens (tertiary/aromatic N) is 1. The first-order chi connectivity index (χ1) is 7.07. The molecule has 0 bridgehead atoms. The average Bonchev–Trinajstić information content (AvgIpc) is 2.92. The van der Waals surface area contributed by atoms with Crippen LogP contribution in [-0.2, 0) is 9.53 Å². The number of rotatable bonds is 3. The Morgan fingerprint density at radius 1 is 1.47 bits per heavy atom. The summed E-state index contributed by atoms with van der Waals surface area (Å²) in [6.45, 7) is 1.69. The molecule has 1 aromatic carbocycles. The molecule has 2 rings (SSSR count). The number of carbonyl (C=O) groups is 1. The molecule has 78 valence electrons. The van der Waals surface area contributed by atoms with Gasteiger partial charge in [-0.05, 0) is 24.6 Å². The van der Waals surface area contributed by atoms with Crippen LogP contribution in [0, 0.1) is 10.1 Å². The Hall–Kier alpha value is -1.75. The minimum absolute atomic E-state index is 0.0345. The molecule has 15 heavy (non-hydrogen) atoms. The zero-order valence-corrected chi connectivity index (χ0v) is 8.04. The van der Waals surface area contributed by atoms with Crippen LogP contribution in [0.3, 0.4) is 0 Å². The molecule has 1 heterocycles. The van der Waals surface area contributed by atoms with E-state index in [1.165, 1.54) is 12.1 Å². The zero-order chi connectivity index (χ0) is 11.1. The van der Waals surface area contributed by atoms with Gasteiger partial charge in [0.05, 0.1) is 4.92 Å². The van der Waals surface area contributed by atoms with Crippen molar-refractivity contribution in [2.75, 3.05) is 0 Å². The molecule has 5 heteroatoms. The number of benzene rings is 1. The number of non-ortho nitro benzene ring substituents is 1. The fourth-order valence-corrected chi connectivity index (χ4v) is 1.48. The molecule has 0 aliphatic carbocycles.